The van der Waals surface area contributed by atoms with Crippen LogP contribution in [0, 0.1) is 6.92 Å². The van der Waals surface area contributed by atoms with E-state index in [-0.39, 0.29) is 0 Å². The van der Waals surface area contributed by atoms with Crippen LogP contribution in [0.1, 0.15) is 5.56 Å². The summed E-state index contributed by atoms with van der Waals surface area (Å²) in [5.41, 5.74) is 1.66. The third-order valence-corrected chi connectivity index (χ3v) is 3.59. The maximum Gasteiger partial charge on any atom is 0.314 e. The van der Waals surface area contributed by atoms with Gasteiger partial charge in [0, 0.05) is 16.4 Å². The van der Waals surface area contributed by atoms with Gasteiger partial charge in [0.25, 0.3) is 0 Å². The van der Waals surface area contributed by atoms with E-state index in [9.17, 15) is 9.59 Å². The molecule has 0 atom stereocenters. The summed E-state index contributed by atoms with van der Waals surface area (Å²) in [6.07, 6.45) is 0. The van der Waals surface area contributed by atoms with Crippen LogP contribution >= 0.6 is 23.2 Å². The fourth-order valence-electron chi connectivity index (χ4n) is 1.84. The van der Waals surface area contributed by atoms with E-state index >= 15 is 0 Å². The molecule has 0 aliphatic rings. The van der Waals surface area contributed by atoms with Crippen LogP contribution in [0.25, 0.3) is 0 Å². The van der Waals surface area contributed by atoms with Crippen LogP contribution < -0.4 is 15.4 Å². The Bertz CT molecular complexity index is 763. The number of ether oxygens (including phenoxy) is 1. The molecule has 0 spiro atoms. The maximum atomic E-state index is 12.0. The van der Waals surface area contributed by atoms with Gasteiger partial charge in [-0.25, -0.2) is 0 Å². The topological polar surface area (TPSA) is 67.4 Å². The van der Waals surface area contributed by atoms with E-state index in [1.165, 1.54) is 13.2 Å². The van der Waals surface area contributed by atoms with E-state index in [1.807, 2.05) is 0 Å². The molecule has 0 saturated carbocycles. The molecule has 2 rings (SSSR count). The monoisotopic (exact) mass is 352 g/mol. The third-order valence-electron chi connectivity index (χ3n) is 3.06. The molecular weight excluding hydrogens is 339 g/mol. The fourth-order valence-corrected chi connectivity index (χ4v) is 2.27. The quantitative estimate of drug-likeness (QED) is 0.823. The summed E-state index contributed by atoms with van der Waals surface area (Å²) >= 11 is 11.8. The SMILES string of the molecule is COc1ccc(NC(=O)C(=O)Nc2cc(Cl)ccc2C)cc1Cl. The van der Waals surface area contributed by atoms with Gasteiger partial charge in [-0.15, -0.1) is 0 Å². The van der Waals surface area contributed by atoms with Gasteiger partial charge in [-0.2, -0.15) is 0 Å². The number of hydrogen-bond acceptors (Lipinski definition) is 3. The number of halogens is 2. The Hall–Kier alpha value is -2.24. The summed E-state index contributed by atoms with van der Waals surface area (Å²) in [4.78, 5) is 23.9. The van der Waals surface area contributed by atoms with Gasteiger partial charge >= 0.3 is 11.8 Å². The summed E-state index contributed by atoms with van der Waals surface area (Å²) < 4.78 is 5.02. The van der Waals surface area contributed by atoms with E-state index in [4.69, 9.17) is 27.9 Å². The first kappa shape index (κ1) is 17.1. The molecule has 2 aromatic carbocycles. The highest BCUT2D eigenvalue weighted by atomic mass is 35.5. The Morgan fingerprint density at radius 1 is 1.00 bits per heavy atom. The molecule has 0 aromatic heterocycles. The van der Waals surface area contributed by atoms with E-state index in [1.54, 1.807) is 37.3 Å². The average molecular weight is 353 g/mol. The van der Waals surface area contributed by atoms with E-state index in [2.05, 4.69) is 10.6 Å². The molecule has 2 N–H and O–H groups in total. The lowest BCUT2D eigenvalue weighted by atomic mass is 10.2. The molecule has 0 bridgehead atoms. The standard InChI is InChI=1S/C16H14Cl2N2O3/c1-9-3-4-10(17)7-13(9)20-16(22)15(21)19-11-5-6-14(23-2)12(18)8-11/h3-8H,1-2H3,(H,19,21)(H,20,22). The second-order valence-electron chi connectivity index (χ2n) is 4.72. The summed E-state index contributed by atoms with van der Waals surface area (Å²) in [5.74, 6) is -1.14. The van der Waals surface area contributed by atoms with Crippen molar-refractivity contribution < 1.29 is 14.3 Å². The van der Waals surface area contributed by atoms with Gasteiger partial charge in [-0.1, -0.05) is 29.3 Å². The van der Waals surface area contributed by atoms with Crippen molar-refractivity contribution in [3.8, 4) is 5.75 Å². The molecule has 5 nitrogen and oxygen atoms in total. The number of methoxy groups -OCH3 is 1. The molecule has 0 unspecified atom stereocenters. The summed E-state index contributed by atoms with van der Waals surface area (Å²) in [6, 6.07) is 9.70. The van der Waals surface area contributed by atoms with Crippen molar-refractivity contribution >= 4 is 46.4 Å². The first-order valence-electron chi connectivity index (χ1n) is 6.62. The molecule has 2 aromatic rings. The Morgan fingerprint density at radius 2 is 1.70 bits per heavy atom. The van der Waals surface area contributed by atoms with Gasteiger partial charge in [-0.3, -0.25) is 9.59 Å². The third kappa shape index (κ3) is 4.37. The van der Waals surface area contributed by atoms with Crippen LogP contribution in [0.5, 0.6) is 5.75 Å². The van der Waals surface area contributed by atoms with Crippen molar-refractivity contribution in [2.24, 2.45) is 0 Å². The number of nitrogens with one attached hydrogen (secondary N) is 2. The highest BCUT2D eigenvalue weighted by molar-refractivity contribution is 6.44. The number of aryl methyl sites for hydroxylation is 1. The second kappa shape index (κ2) is 7.35. The van der Waals surface area contributed by atoms with Crippen LogP contribution in [0.2, 0.25) is 10.0 Å². The smallest absolute Gasteiger partial charge is 0.314 e. The number of carbonyl (C=O) groups excluding carboxylic acids is 2. The largest absolute Gasteiger partial charge is 0.495 e. The first-order chi connectivity index (χ1) is 10.9. The van der Waals surface area contributed by atoms with Crippen molar-refractivity contribution in [3.63, 3.8) is 0 Å². The molecular formula is C16H14Cl2N2O3. The molecule has 2 amide bonds. The maximum absolute atomic E-state index is 12.0. The van der Waals surface area contributed by atoms with Crippen LogP contribution in [0.4, 0.5) is 11.4 Å². The molecule has 0 radical (unpaired) electrons. The number of carbonyl (C=O) groups is 2. The number of rotatable bonds is 3. The van der Waals surface area contributed by atoms with Crippen molar-refractivity contribution in [3.05, 3.63) is 52.0 Å². The number of amides is 2. The van der Waals surface area contributed by atoms with Crippen LogP contribution in [0.15, 0.2) is 36.4 Å². The van der Waals surface area contributed by atoms with E-state index in [0.717, 1.165) is 5.56 Å². The predicted molar refractivity (Wildman–Crippen MR) is 91.5 cm³/mol. The second-order valence-corrected chi connectivity index (χ2v) is 5.56. The number of benzene rings is 2. The Morgan fingerprint density at radius 3 is 2.35 bits per heavy atom. The molecule has 0 aliphatic carbocycles. The highest BCUT2D eigenvalue weighted by Crippen LogP contribution is 2.27. The average Bonchev–Trinajstić information content (AvgIpc) is 2.51. The lowest BCUT2D eigenvalue weighted by Gasteiger charge is -2.10. The number of anilines is 2. The zero-order valence-corrected chi connectivity index (χ0v) is 14.0. The number of hydrogen-bond donors (Lipinski definition) is 2. The molecule has 0 aliphatic heterocycles. The lowest BCUT2D eigenvalue weighted by Crippen LogP contribution is -2.29. The molecule has 0 saturated heterocycles. The van der Waals surface area contributed by atoms with Crippen LogP contribution in [-0.2, 0) is 9.59 Å². The fraction of sp³-hybridized carbons (Fsp3) is 0.125. The highest BCUT2D eigenvalue weighted by Gasteiger charge is 2.16. The minimum atomic E-state index is -0.814. The van der Waals surface area contributed by atoms with Crippen LogP contribution in [0.3, 0.4) is 0 Å². The summed E-state index contributed by atoms with van der Waals surface area (Å²) in [6.45, 7) is 1.80. The molecule has 23 heavy (non-hydrogen) atoms. The van der Waals surface area contributed by atoms with E-state index < -0.39 is 11.8 Å². The normalized spacial score (nSPS) is 10.1. The minimum absolute atomic E-state index is 0.330. The van der Waals surface area contributed by atoms with Gasteiger partial charge in [0.15, 0.2) is 0 Å². The molecule has 7 heteroatoms. The van der Waals surface area contributed by atoms with Crippen LogP contribution in [-0.4, -0.2) is 18.9 Å². The Balaban J connectivity index is 2.07. The zero-order chi connectivity index (χ0) is 17.0. The van der Waals surface area contributed by atoms with Crippen molar-refractivity contribution in [2.45, 2.75) is 6.92 Å². The lowest BCUT2D eigenvalue weighted by molar-refractivity contribution is -0.133. The minimum Gasteiger partial charge on any atom is -0.495 e. The predicted octanol–water partition coefficient (Wildman–Crippen LogP) is 3.89. The molecule has 120 valence electrons. The Kier molecular flexibility index (Phi) is 5.47. The van der Waals surface area contributed by atoms with Crippen molar-refractivity contribution in [1.82, 2.24) is 0 Å². The van der Waals surface area contributed by atoms with Crippen molar-refractivity contribution in [1.29, 1.82) is 0 Å². The van der Waals surface area contributed by atoms with Gasteiger partial charge in [0.05, 0.1) is 12.1 Å². The zero-order valence-electron chi connectivity index (χ0n) is 12.4. The molecule has 0 heterocycles. The van der Waals surface area contributed by atoms with Gasteiger partial charge < -0.3 is 15.4 Å². The summed E-state index contributed by atoms with van der Waals surface area (Å²) in [7, 11) is 1.49. The Labute approximate surface area is 143 Å². The van der Waals surface area contributed by atoms with E-state index in [0.29, 0.717) is 27.2 Å². The summed E-state index contributed by atoms with van der Waals surface area (Å²) in [5, 5.41) is 5.78. The first-order valence-corrected chi connectivity index (χ1v) is 7.38. The van der Waals surface area contributed by atoms with Gasteiger partial charge in [0.1, 0.15) is 5.75 Å². The van der Waals surface area contributed by atoms with Gasteiger partial charge in [0.2, 0.25) is 0 Å². The van der Waals surface area contributed by atoms with Gasteiger partial charge in [-0.05, 0) is 42.8 Å². The van der Waals surface area contributed by atoms with Crippen molar-refractivity contribution in [2.75, 3.05) is 17.7 Å². The molecule has 0 fully saturated rings.